The highest BCUT2D eigenvalue weighted by molar-refractivity contribution is 9.13. The maximum atomic E-state index is 12.6. The third-order valence-corrected chi connectivity index (χ3v) is 8.42. The molecule has 2 aromatic rings. The Morgan fingerprint density at radius 1 is 1.40 bits per heavy atom. The Bertz CT molecular complexity index is 916. The molecule has 0 aromatic carbocycles. The number of pyridine rings is 1. The van der Waals surface area contributed by atoms with E-state index in [1.54, 1.807) is 24.3 Å². The van der Waals surface area contributed by atoms with Gasteiger partial charge in [-0.1, -0.05) is 6.07 Å². The molecule has 0 aliphatic carbocycles. The SMILES string of the molecule is Cc1nc(N)ccc1CNC(=O)C(C)NC(=O)[C@H]1C[C@H](Cc2cc(Br)c(Br)s2)CN1. The number of carbonyl (C=O) groups is 2. The fourth-order valence-electron chi connectivity index (χ4n) is 3.45. The van der Waals surface area contributed by atoms with Crippen LogP contribution in [0.5, 0.6) is 0 Å². The number of amides is 2. The molecule has 0 saturated carbocycles. The minimum absolute atomic E-state index is 0.140. The number of anilines is 1. The van der Waals surface area contributed by atoms with E-state index in [9.17, 15) is 9.59 Å². The highest BCUT2D eigenvalue weighted by Crippen LogP contribution is 2.34. The van der Waals surface area contributed by atoms with Gasteiger partial charge in [-0.2, -0.15) is 0 Å². The molecule has 2 aromatic heterocycles. The molecule has 30 heavy (non-hydrogen) atoms. The number of nitrogens with zero attached hydrogens (tertiary/aromatic N) is 1. The molecule has 0 spiro atoms. The quantitative estimate of drug-likeness (QED) is 0.418. The van der Waals surface area contributed by atoms with Gasteiger partial charge in [0.2, 0.25) is 11.8 Å². The topological polar surface area (TPSA) is 109 Å². The van der Waals surface area contributed by atoms with Crippen LogP contribution in [0.4, 0.5) is 5.82 Å². The summed E-state index contributed by atoms with van der Waals surface area (Å²) >= 11 is 8.74. The summed E-state index contributed by atoms with van der Waals surface area (Å²) in [6, 6.07) is 4.77. The van der Waals surface area contributed by atoms with Gasteiger partial charge in [0.05, 0.1) is 9.83 Å². The van der Waals surface area contributed by atoms with Crippen LogP contribution in [0.2, 0.25) is 0 Å². The molecule has 1 aliphatic rings. The van der Waals surface area contributed by atoms with Gasteiger partial charge in [0.15, 0.2) is 0 Å². The summed E-state index contributed by atoms with van der Waals surface area (Å²) in [5.74, 6) is 0.467. The average molecular weight is 559 g/mol. The smallest absolute Gasteiger partial charge is 0.242 e. The van der Waals surface area contributed by atoms with Gasteiger partial charge in [0, 0.05) is 21.6 Å². The number of hydrogen-bond donors (Lipinski definition) is 4. The minimum atomic E-state index is -0.621. The molecule has 1 fully saturated rings. The van der Waals surface area contributed by atoms with E-state index in [0.29, 0.717) is 18.3 Å². The van der Waals surface area contributed by atoms with Crippen molar-refractivity contribution in [3.05, 3.63) is 42.6 Å². The van der Waals surface area contributed by atoms with Crippen molar-refractivity contribution in [1.29, 1.82) is 0 Å². The van der Waals surface area contributed by atoms with E-state index in [2.05, 4.69) is 58.9 Å². The fraction of sp³-hybridized carbons (Fsp3) is 0.450. The van der Waals surface area contributed by atoms with E-state index in [-0.39, 0.29) is 17.9 Å². The van der Waals surface area contributed by atoms with E-state index in [4.69, 9.17) is 5.73 Å². The molecule has 5 N–H and O–H groups in total. The summed E-state index contributed by atoms with van der Waals surface area (Å²) in [4.78, 5) is 30.4. The molecule has 1 aliphatic heterocycles. The number of carbonyl (C=O) groups excluding carboxylic acids is 2. The van der Waals surface area contributed by atoms with Crippen molar-refractivity contribution in [2.75, 3.05) is 12.3 Å². The van der Waals surface area contributed by atoms with Gasteiger partial charge in [0.25, 0.3) is 0 Å². The number of aryl methyl sites for hydroxylation is 1. The number of hydrogen-bond acceptors (Lipinski definition) is 6. The van der Waals surface area contributed by atoms with Gasteiger partial charge in [-0.15, -0.1) is 11.3 Å². The van der Waals surface area contributed by atoms with Crippen LogP contribution < -0.4 is 21.7 Å². The van der Waals surface area contributed by atoms with Gasteiger partial charge in [-0.05, 0) is 88.7 Å². The van der Waals surface area contributed by atoms with Crippen molar-refractivity contribution < 1.29 is 9.59 Å². The summed E-state index contributed by atoms with van der Waals surface area (Å²) in [5, 5.41) is 8.94. The van der Waals surface area contributed by atoms with Crippen molar-refractivity contribution in [2.45, 2.75) is 45.3 Å². The largest absolute Gasteiger partial charge is 0.384 e. The second kappa shape index (κ2) is 10.2. The van der Waals surface area contributed by atoms with Crippen molar-refractivity contribution in [1.82, 2.24) is 20.9 Å². The Hall–Kier alpha value is -1.49. The molecule has 1 saturated heterocycles. The van der Waals surface area contributed by atoms with Crippen LogP contribution in [0, 0.1) is 12.8 Å². The zero-order valence-electron chi connectivity index (χ0n) is 16.8. The Balaban J connectivity index is 1.45. The lowest BCUT2D eigenvalue weighted by Gasteiger charge is -2.17. The predicted molar refractivity (Wildman–Crippen MR) is 126 cm³/mol. The second-order valence-electron chi connectivity index (χ2n) is 7.53. The van der Waals surface area contributed by atoms with Crippen LogP contribution in [0.25, 0.3) is 0 Å². The number of rotatable bonds is 7. The summed E-state index contributed by atoms with van der Waals surface area (Å²) in [6.45, 7) is 4.66. The van der Waals surface area contributed by atoms with Crippen LogP contribution in [-0.4, -0.2) is 35.4 Å². The number of halogens is 2. The Kier molecular flexibility index (Phi) is 7.89. The lowest BCUT2D eigenvalue weighted by atomic mass is 10.0. The van der Waals surface area contributed by atoms with Crippen molar-refractivity contribution in [3.8, 4) is 0 Å². The maximum Gasteiger partial charge on any atom is 0.242 e. The molecule has 7 nitrogen and oxygen atoms in total. The first kappa shape index (κ1) is 23.2. The molecule has 2 amide bonds. The minimum Gasteiger partial charge on any atom is -0.384 e. The van der Waals surface area contributed by atoms with E-state index in [1.807, 2.05) is 13.0 Å². The highest BCUT2D eigenvalue weighted by atomic mass is 79.9. The maximum absolute atomic E-state index is 12.6. The third kappa shape index (κ3) is 6.03. The summed E-state index contributed by atoms with van der Waals surface area (Å²) < 4.78 is 2.15. The molecule has 3 atom stereocenters. The monoisotopic (exact) mass is 557 g/mol. The van der Waals surface area contributed by atoms with Crippen LogP contribution in [-0.2, 0) is 22.6 Å². The summed E-state index contributed by atoms with van der Waals surface area (Å²) in [5.41, 5.74) is 7.32. The number of thiophene rings is 1. The van der Waals surface area contributed by atoms with E-state index >= 15 is 0 Å². The van der Waals surface area contributed by atoms with Crippen molar-refractivity contribution >= 4 is 60.8 Å². The molecule has 3 rings (SSSR count). The van der Waals surface area contributed by atoms with Gasteiger partial charge >= 0.3 is 0 Å². The van der Waals surface area contributed by atoms with E-state index in [0.717, 1.165) is 38.9 Å². The predicted octanol–water partition coefficient (Wildman–Crippen LogP) is 2.90. The lowest BCUT2D eigenvalue weighted by molar-refractivity contribution is -0.129. The van der Waals surface area contributed by atoms with E-state index < -0.39 is 6.04 Å². The van der Waals surface area contributed by atoms with Crippen molar-refractivity contribution in [3.63, 3.8) is 0 Å². The normalized spacial score (nSPS) is 19.5. The number of nitrogen functional groups attached to an aromatic ring is 1. The average Bonchev–Trinajstić information content (AvgIpc) is 3.27. The zero-order valence-corrected chi connectivity index (χ0v) is 20.8. The summed E-state index contributed by atoms with van der Waals surface area (Å²) in [6.07, 6.45) is 1.68. The molecule has 3 heterocycles. The second-order valence-corrected chi connectivity index (χ2v) is 10.8. The molecular formula is C20H25Br2N5O2S. The van der Waals surface area contributed by atoms with Crippen molar-refractivity contribution in [2.24, 2.45) is 5.92 Å². The van der Waals surface area contributed by atoms with Gasteiger partial charge in [-0.3, -0.25) is 9.59 Å². The highest BCUT2D eigenvalue weighted by Gasteiger charge is 2.31. The Morgan fingerprint density at radius 2 is 2.17 bits per heavy atom. The van der Waals surface area contributed by atoms with Gasteiger partial charge in [-0.25, -0.2) is 4.98 Å². The van der Waals surface area contributed by atoms with Crippen LogP contribution in [0.15, 0.2) is 26.5 Å². The summed E-state index contributed by atoms with van der Waals surface area (Å²) in [7, 11) is 0. The number of nitrogens with one attached hydrogen (secondary N) is 3. The molecule has 0 radical (unpaired) electrons. The number of aromatic nitrogens is 1. The van der Waals surface area contributed by atoms with Gasteiger partial charge in [0.1, 0.15) is 11.9 Å². The molecule has 162 valence electrons. The van der Waals surface area contributed by atoms with Crippen LogP contribution in [0.3, 0.4) is 0 Å². The Morgan fingerprint density at radius 3 is 2.83 bits per heavy atom. The first-order valence-electron chi connectivity index (χ1n) is 9.70. The molecule has 10 heteroatoms. The zero-order chi connectivity index (χ0) is 21.8. The van der Waals surface area contributed by atoms with Crippen LogP contribution >= 0.6 is 43.2 Å². The molecule has 0 bridgehead atoms. The lowest BCUT2D eigenvalue weighted by Crippen LogP contribution is -2.50. The molecular weight excluding hydrogens is 534 g/mol. The standard InChI is InChI=1S/C20H25Br2N5O2S/c1-10-13(3-4-17(23)26-10)9-25-19(28)11(2)27-20(29)16-6-12(8-24-16)5-14-7-15(21)18(22)30-14/h3-4,7,11-12,16,24H,5-6,8-9H2,1-2H3,(H2,23,26)(H,25,28)(H,27,29)/t11?,12-,16+/m0/s1. The number of nitrogens with two attached hydrogens (primary N) is 1. The first-order valence-corrected chi connectivity index (χ1v) is 12.1. The fourth-order valence-corrected chi connectivity index (χ4v) is 5.74. The van der Waals surface area contributed by atoms with Crippen LogP contribution in [0.1, 0.15) is 29.5 Å². The van der Waals surface area contributed by atoms with E-state index in [1.165, 1.54) is 4.88 Å². The first-order chi connectivity index (χ1) is 14.2. The molecule has 1 unspecified atom stereocenters. The third-order valence-electron chi connectivity index (χ3n) is 5.15. The van der Waals surface area contributed by atoms with Gasteiger partial charge < -0.3 is 21.7 Å². The Labute approximate surface area is 196 Å².